The number of amides is 2. The van der Waals surface area contributed by atoms with E-state index in [1.165, 1.54) is 42.9 Å². The fraction of sp³-hybridized carbons (Fsp3) is 0.111. The summed E-state index contributed by atoms with van der Waals surface area (Å²) < 4.78 is 31.9. The van der Waals surface area contributed by atoms with Gasteiger partial charge in [-0.25, -0.2) is 18.1 Å². The lowest BCUT2D eigenvalue weighted by atomic mass is 10.3. The molecule has 0 aliphatic carbocycles. The maximum absolute atomic E-state index is 12.2. The monoisotopic (exact) mass is 416 g/mol. The number of furan rings is 1. The Labute approximate surface area is 165 Å². The quantitative estimate of drug-likeness (QED) is 0.610. The first-order valence-corrected chi connectivity index (χ1v) is 9.76. The van der Waals surface area contributed by atoms with Gasteiger partial charge in [-0.05, 0) is 36.4 Å². The van der Waals surface area contributed by atoms with E-state index >= 15 is 0 Å². The molecule has 0 aliphatic heterocycles. The molecule has 0 atom stereocenters. The molecule has 0 saturated carbocycles. The van der Waals surface area contributed by atoms with Gasteiger partial charge in [-0.3, -0.25) is 19.0 Å². The van der Waals surface area contributed by atoms with Crippen molar-refractivity contribution in [2.75, 3.05) is 5.32 Å². The van der Waals surface area contributed by atoms with Crippen LogP contribution in [0.2, 0.25) is 0 Å². The van der Waals surface area contributed by atoms with Crippen molar-refractivity contribution in [3.8, 4) is 11.5 Å². The number of hydrogen-bond acceptors (Lipinski definition) is 7. The molecule has 2 N–H and O–H groups in total. The average molecular weight is 416 g/mol. The Kier molecular flexibility index (Phi) is 5.59. The van der Waals surface area contributed by atoms with E-state index in [9.17, 15) is 22.8 Å². The summed E-state index contributed by atoms with van der Waals surface area (Å²) in [5.41, 5.74) is 0.246. The molecule has 3 rings (SSSR count). The Morgan fingerprint density at radius 1 is 1.17 bits per heavy atom. The zero-order chi connectivity index (χ0) is 21.0. The summed E-state index contributed by atoms with van der Waals surface area (Å²) in [5.74, 6) is -0.774. The number of nitrogens with one attached hydrogen (secondary N) is 2. The summed E-state index contributed by atoms with van der Waals surface area (Å²) >= 11 is 0. The van der Waals surface area contributed by atoms with Gasteiger partial charge >= 0.3 is 0 Å². The predicted molar refractivity (Wildman–Crippen MR) is 102 cm³/mol. The first-order valence-electron chi connectivity index (χ1n) is 8.28. The molecule has 2 amide bonds. The zero-order valence-electron chi connectivity index (χ0n) is 15.2. The van der Waals surface area contributed by atoms with Gasteiger partial charge in [0.05, 0.1) is 17.5 Å². The molecule has 2 heterocycles. The first kappa shape index (κ1) is 20.0. The van der Waals surface area contributed by atoms with Gasteiger partial charge in [0, 0.05) is 18.7 Å². The molecule has 2 aromatic heterocycles. The van der Waals surface area contributed by atoms with Crippen molar-refractivity contribution in [1.82, 2.24) is 14.3 Å². The van der Waals surface area contributed by atoms with E-state index in [0.29, 0.717) is 17.1 Å². The van der Waals surface area contributed by atoms with Crippen LogP contribution in [0.3, 0.4) is 0 Å². The van der Waals surface area contributed by atoms with E-state index in [4.69, 9.17) is 4.42 Å². The Morgan fingerprint density at radius 3 is 2.48 bits per heavy atom. The Bertz CT molecular complexity index is 1200. The molecule has 3 aromatic rings. The van der Waals surface area contributed by atoms with E-state index in [2.05, 4.69) is 10.3 Å². The van der Waals surface area contributed by atoms with Crippen molar-refractivity contribution in [2.24, 2.45) is 0 Å². The molecule has 0 spiro atoms. The van der Waals surface area contributed by atoms with Crippen molar-refractivity contribution < 1.29 is 22.4 Å². The molecule has 0 saturated heterocycles. The van der Waals surface area contributed by atoms with Gasteiger partial charge in [-0.1, -0.05) is 0 Å². The highest BCUT2D eigenvalue weighted by molar-refractivity contribution is 7.90. The van der Waals surface area contributed by atoms with E-state index in [-0.39, 0.29) is 11.4 Å². The van der Waals surface area contributed by atoms with Crippen molar-refractivity contribution in [1.29, 1.82) is 0 Å². The number of carbonyl (C=O) groups is 2. The second-order valence-electron chi connectivity index (χ2n) is 5.95. The normalized spacial score (nSPS) is 11.1. The largest absolute Gasteiger partial charge is 0.463 e. The average Bonchev–Trinajstić information content (AvgIpc) is 3.17. The third kappa shape index (κ3) is 4.96. The molecule has 0 radical (unpaired) electrons. The second-order valence-corrected chi connectivity index (χ2v) is 7.63. The zero-order valence-corrected chi connectivity index (χ0v) is 16.0. The lowest BCUT2D eigenvalue weighted by Crippen LogP contribution is -2.28. The topological polar surface area (TPSA) is 140 Å². The van der Waals surface area contributed by atoms with Crippen LogP contribution >= 0.6 is 0 Å². The van der Waals surface area contributed by atoms with Crippen LogP contribution in [-0.4, -0.2) is 29.8 Å². The number of anilines is 1. The summed E-state index contributed by atoms with van der Waals surface area (Å²) in [6.07, 6.45) is 2.70. The minimum atomic E-state index is -3.96. The number of hydrogen-bond donors (Lipinski definition) is 2. The molecule has 0 bridgehead atoms. The summed E-state index contributed by atoms with van der Waals surface area (Å²) in [5, 5.41) is 2.55. The van der Waals surface area contributed by atoms with E-state index in [0.717, 1.165) is 11.5 Å². The van der Waals surface area contributed by atoms with Gasteiger partial charge in [0.25, 0.3) is 15.6 Å². The summed E-state index contributed by atoms with van der Waals surface area (Å²) in [6, 6.07) is 9.81. The molecule has 0 aliphatic rings. The Hall–Kier alpha value is -3.73. The summed E-state index contributed by atoms with van der Waals surface area (Å²) in [6.45, 7) is 0.806. The standard InChI is InChI=1S/C18H16N4O6S/c1-12(23)21-29(26,27)14-6-4-13(5-7-14)20-17(24)10-22-11-19-15(9-18(22)25)16-3-2-8-28-16/h2-9,11H,10H2,1H3,(H,20,24)(H,21,23). The fourth-order valence-corrected chi connectivity index (χ4v) is 3.42. The van der Waals surface area contributed by atoms with Gasteiger partial charge in [-0.2, -0.15) is 0 Å². The van der Waals surface area contributed by atoms with Crippen LogP contribution in [0.4, 0.5) is 5.69 Å². The van der Waals surface area contributed by atoms with Crippen LogP contribution in [0.5, 0.6) is 0 Å². The number of nitrogens with zero attached hydrogens (tertiary/aromatic N) is 2. The van der Waals surface area contributed by atoms with E-state index < -0.39 is 27.4 Å². The van der Waals surface area contributed by atoms with Crippen LogP contribution in [0.15, 0.2) is 69.2 Å². The molecular weight excluding hydrogens is 400 g/mol. The molecule has 0 fully saturated rings. The van der Waals surface area contributed by atoms with Gasteiger partial charge in [0.1, 0.15) is 12.2 Å². The summed E-state index contributed by atoms with van der Waals surface area (Å²) in [4.78, 5) is 39.3. The highest BCUT2D eigenvalue weighted by atomic mass is 32.2. The number of aromatic nitrogens is 2. The van der Waals surface area contributed by atoms with Crippen LogP contribution in [0.1, 0.15) is 6.92 Å². The molecule has 10 nitrogen and oxygen atoms in total. The molecule has 0 unspecified atom stereocenters. The lowest BCUT2D eigenvalue weighted by molar-refractivity contribution is -0.117. The van der Waals surface area contributed by atoms with Crippen molar-refractivity contribution >= 4 is 27.5 Å². The summed E-state index contributed by atoms with van der Waals surface area (Å²) in [7, 11) is -3.96. The second kappa shape index (κ2) is 8.10. The molecule has 150 valence electrons. The lowest BCUT2D eigenvalue weighted by Gasteiger charge is -2.09. The third-order valence-electron chi connectivity index (χ3n) is 3.69. The molecular formula is C18H16N4O6S. The van der Waals surface area contributed by atoms with Crippen molar-refractivity contribution in [3.63, 3.8) is 0 Å². The Balaban J connectivity index is 1.67. The van der Waals surface area contributed by atoms with Gasteiger partial charge in [0.15, 0.2) is 5.76 Å². The highest BCUT2D eigenvalue weighted by Gasteiger charge is 2.15. The number of rotatable bonds is 6. The minimum Gasteiger partial charge on any atom is -0.463 e. The first-order chi connectivity index (χ1) is 13.7. The third-order valence-corrected chi connectivity index (χ3v) is 5.14. The van der Waals surface area contributed by atoms with E-state index in [1.807, 2.05) is 4.72 Å². The minimum absolute atomic E-state index is 0.125. The van der Waals surface area contributed by atoms with Crippen molar-refractivity contribution in [2.45, 2.75) is 18.4 Å². The fourth-order valence-electron chi connectivity index (χ4n) is 2.42. The SMILES string of the molecule is CC(=O)NS(=O)(=O)c1ccc(NC(=O)Cn2cnc(-c3ccco3)cc2=O)cc1. The van der Waals surface area contributed by atoms with Gasteiger partial charge < -0.3 is 9.73 Å². The van der Waals surface area contributed by atoms with Crippen LogP contribution in [0.25, 0.3) is 11.5 Å². The molecule has 29 heavy (non-hydrogen) atoms. The maximum atomic E-state index is 12.2. The van der Waals surface area contributed by atoms with Gasteiger partial charge in [-0.15, -0.1) is 0 Å². The smallest absolute Gasteiger partial charge is 0.264 e. The maximum Gasteiger partial charge on any atom is 0.264 e. The van der Waals surface area contributed by atoms with Crippen LogP contribution in [-0.2, 0) is 26.2 Å². The highest BCUT2D eigenvalue weighted by Crippen LogP contribution is 2.15. The predicted octanol–water partition coefficient (Wildman–Crippen LogP) is 0.967. The van der Waals surface area contributed by atoms with Gasteiger partial charge in [0.2, 0.25) is 11.8 Å². The van der Waals surface area contributed by atoms with E-state index in [1.54, 1.807) is 12.1 Å². The molecule has 11 heteroatoms. The number of sulfonamides is 1. The number of carbonyl (C=O) groups excluding carboxylic acids is 2. The number of benzene rings is 1. The van der Waals surface area contributed by atoms with Crippen molar-refractivity contribution in [3.05, 3.63) is 65.4 Å². The van der Waals surface area contributed by atoms with Crippen LogP contribution in [0, 0.1) is 0 Å². The molecule has 1 aromatic carbocycles. The van der Waals surface area contributed by atoms with Crippen LogP contribution < -0.4 is 15.6 Å². The Morgan fingerprint density at radius 2 is 1.90 bits per heavy atom.